The Labute approximate surface area is 117 Å². The van der Waals surface area contributed by atoms with Crippen molar-refractivity contribution in [1.82, 2.24) is 10.2 Å². The van der Waals surface area contributed by atoms with E-state index in [0.29, 0.717) is 18.3 Å². The van der Waals surface area contributed by atoms with E-state index in [4.69, 9.17) is 5.11 Å². The number of carbonyl (C=O) groups excluding carboxylic acids is 1. The van der Waals surface area contributed by atoms with Crippen molar-refractivity contribution in [1.29, 1.82) is 0 Å². The number of hydrogen-bond acceptors (Lipinski definition) is 3. The van der Waals surface area contributed by atoms with Gasteiger partial charge >= 0.3 is 0 Å². The molecule has 0 bridgehead atoms. The van der Waals surface area contributed by atoms with E-state index in [-0.39, 0.29) is 24.5 Å². The molecule has 0 spiro atoms. The summed E-state index contributed by atoms with van der Waals surface area (Å²) in [7, 11) is 0. The number of nitrogens with one attached hydrogen (secondary N) is 1. The van der Waals surface area contributed by atoms with Gasteiger partial charge in [0, 0.05) is 25.7 Å². The summed E-state index contributed by atoms with van der Waals surface area (Å²) in [6.45, 7) is 11.7. The van der Waals surface area contributed by atoms with Gasteiger partial charge in [-0.2, -0.15) is 0 Å². The lowest BCUT2D eigenvalue weighted by atomic mass is 9.99. The summed E-state index contributed by atoms with van der Waals surface area (Å²) in [5.74, 6) is 1.31. The van der Waals surface area contributed by atoms with Crippen molar-refractivity contribution in [2.45, 2.75) is 46.6 Å². The molecule has 0 saturated carbocycles. The smallest absolute Gasteiger partial charge is 0.224 e. The average molecular weight is 270 g/mol. The summed E-state index contributed by atoms with van der Waals surface area (Å²) in [5, 5.41) is 12.2. The molecule has 0 radical (unpaired) electrons. The van der Waals surface area contributed by atoms with E-state index in [1.165, 1.54) is 0 Å². The normalized spacial score (nSPS) is 22.2. The molecule has 1 amide bonds. The van der Waals surface area contributed by atoms with Crippen molar-refractivity contribution in [3.63, 3.8) is 0 Å². The largest absolute Gasteiger partial charge is 0.396 e. The molecule has 2 N–H and O–H groups in total. The fraction of sp³-hybridized carbons (Fsp3) is 0.933. The molecule has 19 heavy (non-hydrogen) atoms. The molecule has 1 rings (SSSR count). The van der Waals surface area contributed by atoms with Gasteiger partial charge in [-0.05, 0) is 31.2 Å². The van der Waals surface area contributed by atoms with E-state index in [0.717, 1.165) is 26.1 Å². The van der Waals surface area contributed by atoms with Crippen LogP contribution in [0.3, 0.4) is 0 Å². The number of amides is 1. The van der Waals surface area contributed by atoms with Crippen LogP contribution in [0.5, 0.6) is 0 Å². The lowest BCUT2D eigenvalue weighted by molar-refractivity contribution is -0.125. The van der Waals surface area contributed by atoms with Gasteiger partial charge in [0.25, 0.3) is 0 Å². The van der Waals surface area contributed by atoms with Crippen LogP contribution >= 0.6 is 0 Å². The van der Waals surface area contributed by atoms with E-state index < -0.39 is 0 Å². The summed E-state index contributed by atoms with van der Waals surface area (Å²) in [6, 6.07) is 0.0941. The van der Waals surface area contributed by atoms with Crippen molar-refractivity contribution in [2.24, 2.45) is 17.8 Å². The highest BCUT2D eigenvalue weighted by Gasteiger charge is 2.29. The van der Waals surface area contributed by atoms with Gasteiger partial charge in [-0.15, -0.1) is 0 Å². The third kappa shape index (κ3) is 5.49. The van der Waals surface area contributed by atoms with E-state index in [1.54, 1.807) is 0 Å². The third-order valence-corrected chi connectivity index (χ3v) is 3.84. The first-order valence-electron chi connectivity index (χ1n) is 7.57. The second kappa shape index (κ2) is 7.85. The van der Waals surface area contributed by atoms with E-state index >= 15 is 0 Å². The fourth-order valence-electron chi connectivity index (χ4n) is 2.74. The predicted molar refractivity (Wildman–Crippen MR) is 77.9 cm³/mol. The minimum absolute atomic E-state index is 0.0941. The zero-order valence-electron chi connectivity index (χ0n) is 12.9. The van der Waals surface area contributed by atoms with Crippen LogP contribution < -0.4 is 5.32 Å². The van der Waals surface area contributed by atoms with Crippen LogP contribution in [-0.4, -0.2) is 48.2 Å². The lowest BCUT2D eigenvalue weighted by Gasteiger charge is -2.24. The Hall–Kier alpha value is -0.610. The zero-order chi connectivity index (χ0) is 14.4. The molecule has 0 aromatic rings. The van der Waals surface area contributed by atoms with Gasteiger partial charge in [0.15, 0.2) is 0 Å². The summed E-state index contributed by atoms with van der Waals surface area (Å²) in [5.41, 5.74) is 0. The van der Waals surface area contributed by atoms with E-state index in [1.807, 2.05) is 0 Å². The zero-order valence-corrected chi connectivity index (χ0v) is 12.9. The standard InChI is InChI=1S/C15H30N2O2/c1-11(2)9-17-7-5-13(10-17)15(19)16-14(6-8-18)12(3)4/h11-14,18H,5-10H2,1-4H3,(H,16,19). The molecule has 4 nitrogen and oxygen atoms in total. The summed E-state index contributed by atoms with van der Waals surface area (Å²) < 4.78 is 0. The maximum Gasteiger partial charge on any atom is 0.224 e. The number of aliphatic hydroxyl groups is 1. The Morgan fingerprint density at radius 2 is 2.05 bits per heavy atom. The van der Waals surface area contributed by atoms with Crippen LogP contribution in [-0.2, 0) is 4.79 Å². The van der Waals surface area contributed by atoms with Crippen molar-refractivity contribution in [2.75, 3.05) is 26.2 Å². The minimum atomic E-state index is 0.0941. The number of aliphatic hydroxyl groups excluding tert-OH is 1. The van der Waals surface area contributed by atoms with Crippen LogP contribution in [0, 0.1) is 17.8 Å². The van der Waals surface area contributed by atoms with E-state index in [9.17, 15) is 4.79 Å². The van der Waals surface area contributed by atoms with Gasteiger partial charge in [0.1, 0.15) is 0 Å². The van der Waals surface area contributed by atoms with Gasteiger partial charge in [-0.3, -0.25) is 4.79 Å². The molecular weight excluding hydrogens is 240 g/mol. The van der Waals surface area contributed by atoms with Crippen molar-refractivity contribution in [3.05, 3.63) is 0 Å². The number of likely N-dealkylation sites (tertiary alicyclic amines) is 1. The summed E-state index contributed by atoms with van der Waals surface area (Å²) in [4.78, 5) is 14.6. The molecule has 1 aliphatic heterocycles. The molecule has 112 valence electrons. The number of rotatable bonds is 7. The Morgan fingerprint density at radius 1 is 1.37 bits per heavy atom. The molecule has 1 saturated heterocycles. The summed E-state index contributed by atoms with van der Waals surface area (Å²) >= 11 is 0. The highest BCUT2D eigenvalue weighted by Crippen LogP contribution is 2.18. The molecule has 0 aromatic carbocycles. The van der Waals surface area contributed by atoms with Crippen LogP contribution in [0.2, 0.25) is 0 Å². The first kappa shape index (κ1) is 16.4. The lowest BCUT2D eigenvalue weighted by Crippen LogP contribution is -2.43. The second-order valence-electron chi connectivity index (χ2n) is 6.51. The highest BCUT2D eigenvalue weighted by molar-refractivity contribution is 5.79. The molecule has 1 aliphatic rings. The minimum Gasteiger partial charge on any atom is -0.396 e. The molecule has 0 aromatic heterocycles. The highest BCUT2D eigenvalue weighted by atomic mass is 16.3. The van der Waals surface area contributed by atoms with Gasteiger partial charge < -0.3 is 15.3 Å². The van der Waals surface area contributed by atoms with Gasteiger partial charge in [0.05, 0.1) is 5.92 Å². The topological polar surface area (TPSA) is 52.6 Å². The van der Waals surface area contributed by atoms with Crippen molar-refractivity contribution >= 4 is 5.91 Å². The molecule has 4 heteroatoms. The monoisotopic (exact) mass is 270 g/mol. The van der Waals surface area contributed by atoms with Crippen LogP contribution in [0.4, 0.5) is 0 Å². The predicted octanol–water partition coefficient (Wildman–Crippen LogP) is 1.49. The number of nitrogens with zero attached hydrogens (tertiary/aromatic N) is 1. The molecule has 1 fully saturated rings. The second-order valence-corrected chi connectivity index (χ2v) is 6.51. The van der Waals surface area contributed by atoms with Gasteiger partial charge in [0.2, 0.25) is 5.91 Å². The number of hydrogen-bond donors (Lipinski definition) is 2. The van der Waals surface area contributed by atoms with Gasteiger partial charge in [-0.1, -0.05) is 27.7 Å². The Morgan fingerprint density at radius 3 is 2.58 bits per heavy atom. The Bertz CT molecular complexity index is 279. The molecule has 1 heterocycles. The molecule has 0 aliphatic carbocycles. The summed E-state index contributed by atoms with van der Waals surface area (Å²) in [6.07, 6.45) is 1.61. The Balaban J connectivity index is 2.41. The fourth-order valence-corrected chi connectivity index (χ4v) is 2.74. The maximum absolute atomic E-state index is 12.2. The third-order valence-electron chi connectivity index (χ3n) is 3.84. The maximum atomic E-state index is 12.2. The van der Waals surface area contributed by atoms with Gasteiger partial charge in [-0.25, -0.2) is 0 Å². The molecule has 2 unspecified atom stereocenters. The quantitative estimate of drug-likeness (QED) is 0.737. The van der Waals surface area contributed by atoms with Crippen LogP contribution in [0.25, 0.3) is 0 Å². The van der Waals surface area contributed by atoms with Crippen LogP contribution in [0.15, 0.2) is 0 Å². The van der Waals surface area contributed by atoms with E-state index in [2.05, 4.69) is 37.9 Å². The first-order valence-corrected chi connectivity index (χ1v) is 7.57. The van der Waals surface area contributed by atoms with Crippen molar-refractivity contribution < 1.29 is 9.90 Å². The molecule has 2 atom stereocenters. The van der Waals surface area contributed by atoms with Crippen molar-refractivity contribution in [3.8, 4) is 0 Å². The Kier molecular flexibility index (Phi) is 6.80. The number of carbonyl (C=O) groups is 1. The average Bonchev–Trinajstić information content (AvgIpc) is 2.75. The molecular formula is C15H30N2O2. The first-order chi connectivity index (χ1) is 8.93. The SMILES string of the molecule is CC(C)CN1CCC(C(=O)NC(CCO)C(C)C)C1. The van der Waals surface area contributed by atoms with Crippen LogP contribution in [0.1, 0.15) is 40.5 Å².